The smallest absolute Gasteiger partial charge is 0.248 e. The molecule has 0 aliphatic heterocycles. The van der Waals surface area contributed by atoms with Crippen molar-refractivity contribution in [1.82, 2.24) is 14.8 Å². The summed E-state index contributed by atoms with van der Waals surface area (Å²) in [4.78, 5) is 14.7. The van der Waals surface area contributed by atoms with Gasteiger partial charge in [-0.05, 0) is 17.7 Å². The van der Waals surface area contributed by atoms with E-state index in [1.54, 1.807) is 29.2 Å². The predicted octanol–water partition coefficient (Wildman–Crippen LogP) is 1.08. The third kappa shape index (κ3) is 2.20. The van der Waals surface area contributed by atoms with Gasteiger partial charge in [0.05, 0.1) is 6.54 Å². The Bertz CT molecular complexity index is 510. The van der Waals surface area contributed by atoms with Crippen molar-refractivity contribution in [3.63, 3.8) is 0 Å². The van der Waals surface area contributed by atoms with E-state index in [0.29, 0.717) is 17.1 Å². The van der Waals surface area contributed by atoms with Crippen molar-refractivity contribution < 1.29 is 4.79 Å². The van der Waals surface area contributed by atoms with Crippen LogP contribution in [0.4, 0.5) is 0 Å². The SMILES string of the molecule is NC(=O)c1ccc(Cn2cncn2)c(Cl)c1. The molecule has 1 aromatic heterocycles. The molecular weight excluding hydrogens is 228 g/mol. The van der Waals surface area contributed by atoms with Gasteiger partial charge in [-0.1, -0.05) is 17.7 Å². The molecule has 2 rings (SSSR count). The molecule has 0 aliphatic rings. The van der Waals surface area contributed by atoms with Gasteiger partial charge in [-0.2, -0.15) is 5.10 Å². The molecule has 1 heterocycles. The monoisotopic (exact) mass is 236 g/mol. The zero-order valence-electron chi connectivity index (χ0n) is 8.30. The number of amides is 1. The first kappa shape index (κ1) is 10.6. The molecule has 0 fully saturated rings. The van der Waals surface area contributed by atoms with Crippen molar-refractivity contribution in [3.05, 3.63) is 47.0 Å². The Kier molecular flexibility index (Phi) is 2.87. The van der Waals surface area contributed by atoms with Gasteiger partial charge in [-0.3, -0.25) is 4.79 Å². The lowest BCUT2D eigenvalue weighted by Gasteiger charge is -2.05. The minimum absolute atomic E-state index is 0.396. The van der Waals surface area contributed by atoms with Crippen LogP contribution in [0.3, 0.4) is 0 Å². The van der Waals surface area contributed by atoms with E-state index < -0.39 is 5.91 Å². The average molecular weight is 237 g/mol. The summed E-state index contributed by atoms with van der Waals surface area (Å²) >= 11 is 6.02. The molecule has 0 bridgehead atoms. The highest BCUT2D eigenvalue weighted by atomic mass is 35.5. The summed E-state index contributed by atoms with van der Waals surface area (Å²) in [5.41, 5.74) is 6.40. The van der Waals surface area contributed by atoms with Crippen LogP contribution in [0.5, 0.6) is 0 Å². The minimum Gasteiger partial charge on any atom is -0.366 e. The molecule has 0 saturated carbocycles. The predicted molar refractivity (Wildman–Crippen MR) is 59.1 cm³/mol. The van der Waals surface area contributed by atoms with Crippen LogP contribution in [0.2, 0.25) is 5.02 Å². The zero-order chi connectivity index (χ0) is 11.5. The standard InChI is InChI=1S/C10H9ClN4O/c11-9-3-7(10(12)16)1-2-8(9)4-15-6-13-5-14-15/h1-3,5-6H,4H2,(H2,12,16). The first-order valence-corrected chi connectivity index (χ1v) is 4.95. The summed E-state index contributed by atoms with van der Waals surface area (Å²) < 4.78 is 1.64. The minimum atomic E-state index is -0.491. The molecule has 2 aromatic rings. The van der Waals surface area contributed by atoms with Crippen LogP contribution in [0.15, 0.2) is 30.9 Å². The van der Waals surface area contributed by atoms with E-state index in [4.69, 9.17) is 17.3 Å². The van der Waals surface area contributed by atoms with Gasteiger partial charge in [0.15, 0.2) is 0 Å². The molecule has 0 unspecified atom stereocenters. The summed E-state index contributed by atoms with van der Waals surface area (Å²) in [7, 11) is 0. The Morgan fingerprint density at radius 3 is 2.88 bits per heavy atom. The fourth-order valence-electron chi connectivity index (χ4n) is 1.32. The Morgan fingerprint density at radius 2 is 2.31 bits per heavy atom. The number of halogens is 1. The number of hydrogen-bond acceptors (Lipinski definition) is 3. The number of hydrogen-bond donors (Lipinski definition) is 1. The van der Waals surface area contributed by atoms with Gasteiger partial charge in [0.2, 0.25) is 5.91 Å². The van der Waals surface area contributed by atoms with Crippen molar-refractivity contribution in [2.75, 3.05) is 0 Å². The van der Waals surface area contributed by atoms with E-state index in [1.165, 1.54) is 6.33 Å². The summed E-state index contributed by atoms with van der Waals surface area (Å²) in [6.45, 7) is 0.512. The van der Waals surface area contributed by atoms with Gasteiger partial charge in [-0.15, -0.1) is 0 Å². The van der Waals surface area contributed by atoms with E-state index in [2.05, 4.69) is 10.1 Å². The molecular formula is C10H9ClN4O. The lowest BCUT2D eigenvalue weighted by atomic mass is 10.1. The molecule has 0 radical (unpaired) electrons. The lowest BCUT2D eigenvalue weighted by molar-refractivity contribution is 0.100. The molecule has 0 spiro atoms. The maximum absolute atomic E-state index is 10.9. The number of aromatic nitrogens is 3. The van der Waals surface area contributed by atoms with Crippen LogP contribution in [0.25, 0.3) is 0 Å². The van der Waals surface area contributed by atoms with Crippen LogP contribution in [0, 0.1) is 0 Å². The van der Waals surface area contributed by atoms with E-state index in [9.17, 15) is 4.79 Å². The third-order valence-electron chi connectivity index (χ3n) is 2.14. The highest BCUT2D eigenvalue weighted by molar-refractivity contribution is 6.31. The molecule has 0 aliphatic carbocycles. The number of carbonyl (C=O) groups excluding carboxylic acids is 1. The van der Waals surface area contributed by atoms with Crippen LogP contribution in [0.1, 0.15) is 15.9 Å². The first-order valence-electron chi connectivity index (χ1n) is 4.57. The van der Waals surface area contributed by atoms with Crippen molar-refractivity contribution >= 4 is 17.5 Å². The van der Waals surface area contributed by atoms with E-state index in [-0.39, 0.29) is 0 Å². The quantitative estimate of drug-likeness (QED) is 0.867. The number of benzene rings is 1. The molecule has 1 aromatic carbocycles. The number of nitrogens with zero attached hydrogens (tertiary/aromatic N) is 3. The maximum atomic E-state index is 10.9. The normalized spacial score (nSPS) is 10.3. The largest absolute Gasteiger partial charge is 0.366 e. The molecule has 0 atom stereocenters. The van der Waals surface area contributed by atoms with E-state index in [0.717, 1.165) is 5.56 Å². The van der Waals surface area contributed by atoms with Crippen molar-refractivity contribution in [2.24, 2.45) is 5.73 Å². The van der Waals surface area contributed by atoms with Gasteiger partial charge < -0.3 is 5.73 Å². The Morgan fingerprint density at radius 1 is 1.50 bits per heavy atom. The van der Waals surface area contributed by atoms with Crippen LogP contribution in [-0.4, -0.2) is 20.7 Å². The maximum Gasteiger partial charge on any atom is 0.248 e. The van der Waals surface area contributed by atoms with E-state index in [1.807, 2.05) is 0 Å². The topological polar surface area (TPSA) is 73.8 Å². The second-order valence-corrected chi connectivity index (χ2v) is 3.67. The third-order valence-corrected chi connectivity index (χ3v) is 2.49. The van der Waals surface area contributed by atoms with E-state index >= 15 is 0 Å². The number of carbonyl (C=O) groups is 1. The van der Waals surface area contributed by atoms with Gasteiger partial charge >= 0.3 is 0 Å². The molecule has 16 heavy (non-hydrogen) atoms. The van der Waals surface area contributed by atoms with Crippen molar-refractivity contribution in [3.8, 4) is 0 Å². The Balaban J connectivity index is 2.26. The van der Waals surface area contributed by atoms with Crippen molar-refractivity contribution in [2.45, 2.75) is 6.54 Å². The van der Waals surface area contributed by atoms with Gasteiger partial charge in [-0.25, -0.2) is 9.67 Å². The highest BCUT2D eigenvalue weighted by Gasteiger charge is 2.06. The average Bonchev–Trinajstić information content (AvgIpc) is 2.73. The lowest BCUT2D eigenvalue weighted by Crippen LogP contribution is -2.11. The van der Waals surface area contributed by atoms with Gasteiger partial charge in [0.25, 0.3) is 0 Å². The molecule has 2 N–H and O–H groups in total. The summed E-state index contributed by atoms with van der Waals surface area (Å²) in [5.74, 6) is -0.491. The Hall–Kier alpha value is -1.88. The summed E-state index contributed by atoms with van der Waals surface area (Å²) in [5, 5.41) is 4.46. The Labute approximate surface area is 96.8 Å². The van der Waals surface area contributed by atoms with Crippen molar-refractivity contribution in [1.29, 1.82) is 0 Å². The van der Waals surface area contributed by atoms with Gasteiger partial charge in [0.1, 0.15) is 12.7 Å². The number of nitrogens with two attached hydrogens (primary N) is 1. The number of primary amides is 1. The summed E-state index contributed by atoms with van der Waals surface area (Å²) in [6, 6.07) is 4.95. The molecule has 82 valence electrons. The second-order valence-electron chi connectivity index (χ2n) is 3.26. The first-order chi connectivity index (χ1) is 7.66. The van der Waals surface area contributed by atoms with Crippen LogP contribution < -0.4 is 5.73 Å². The molecule has 5 nitrogen and oxygen atoms in total. The van der Waals surface area contributed by atoms with Gasteiger partial charge in [0, 0.05) is 10.6 Å². The fourth-order valence-corrected chi connectivity index (χ4v) is 1.56. The van der Waals surface area contributed by atoms with Crippen LogP contribution in [-0.2, 0) is 6.54 Å². The molecule has 0 saturated heterocycles. The molecule has 6 heteroatoms. The fraction of sp³-hybridized carbons (Fsp3) is 0.100. The zero-order valence-corrected chi connectivity index (χ0v) is 9.05. The number of rotatable bonds is 3. The second kappa shape index (κ2) is 4.32. The summed E-state index contributed by atoms with van der Waals surface area (Å²) in [6.07, 6.45) is 3.05. The highest BCUT2D eigenvalue weighted by Crippen LogP contribution is 2.18. The molecule has 1 amide bonds. The van der Waals surface area contributed by atoms with Crippen LogP contribution >= 0.6 is 11.6 Å².